The van der Waals surface area contributed by atoms with E-state index in [4.69, 9.17) is 9.47 Å². The number of nitrogens with one attached hydrogen (secondary N) is 1. The first-order valence-electron chi connectivity index (χ1n) is 5.10. The maximum absolute atomic E-state index is 5.10. The highest BCUT2D eigenvalue weighted by atomic mass is 16.7. The average Bonchev–Trinajstić information content (AvgIpc) is 2.30. The van der Waals surface area contributed by atoms with Gasteiger partial charge in [0.25, 0.3) is 0 Å². The first kappa shape index (κ1) is 12.7. The summed E-state index contributed by atoms with van der Waals surface area (Å²) in [7, 11) is 7.15. The lowest BCUT2D eigenvalue weighted by Crippen LogP contribution is -2.24. The van der Waals surface area contributed by atoms with Crippen molar-refractivity contribution in [3.63, 3.8) is 0 Å². The van der Waals surface area contributed by atoms with Crippen LogP contribution in [0, 0.1) is 0 Å². The highest BCUT2D eigenvalue weighted by molar-refractivity contribution is 5.64. The molecule has 0 atom stereocenters. The van der Waals surface area contributed by atoms with Gasteiger partial charge in [0.05, 0.1) is 12.2 Å². The third-order valence-corrected chi connectivity index (χ3v) is 2.20. The number of nitrogens with zero attached hydrogens (tertiary/aromatic N) is 2. The maximum Gasteiger partial charge on any atom is 0.173 e. The molecule has 0 unspecified atom stereocenters. The van der Waals surface area contributed by atoms with E-state index >= 15 is 0 Å². The lowest BCUT2D eigenvalue weighted by molar-refractivity contribution is -0.0914. The predicted octanol–water partition coefficient (Wildman–Crippen LogP) is 1.18. The van der Waals surface area contributed by atoms with Gasteiger partial charge in [-0.15, -0.1) is 0 Å². The number of pyridine rings is 1. The molecule has 0 amide bonds. The predicted molar refractivity (Wildman–Crippen MR) is 64.9 cm³/mol. The van der Waals surface area contributed by atoms with Gasteiger partial charge in [-0.2, -0.15) is 0 Å². The van der Waals surface area contributed by atoms with Crippen molar-refractivity contribution in [3.05, 3.63) is 18.3 Å². The number of anilines is 2. The van der Waals surface area contributed by atoms with E-state index in [2.05, 4.69) is 10.3 Å². The van der Waals surface area contributed by atoms with Gasteiger partial charge in [0.1, 0.15) is 0 Å². The molecule has 0 saturated heterocycles. The quantitative estimate of drug-likeness (QED) is 0.737. The molecule has 1 heterocycles. The largest absolute Gasteiger partial charge is 0.377 e. The molecule has 0 spiro atoms. The molecule has 1 aromatic heterocycles. The van der Waals surface area contributed by atoms with Gasteiger partial charge in [0.2, 0.25) is 0 Å². The molecule has 5 heteroatoms. The van der Waals surface area contributed by atoms with Crippen LogP contribution >= 0.6 is 0 Å². The standard InChI is InChI=1S/C11H19N3O2/c1-14(2)11-9(6-5-7-12-11)13-8-10(15-3)16-4/h5-7,10,13H,8H2,1-4H3. The van der Waals surface area contributed by atoms with Crippen LogP contribution in [0.5, 0.6) is 0 Å². The molecule has 5 nitrogen and oxygen atoms in total. The van der Waals surface area contributed by atoms with Gasteiger partial charge in [-0.1, -0.05) is 0 Å². The molecule has 90 valence electrons. The zero-order valence-corrected chi connectivity index (χ0v) is 10.2. The molecule has 1 aromatic rings. The van der Waals surface area contributed by atoms with Crippen LogP contribution in [0.2, 0.25) is 0 Å². The van der Waals surface area contributed by atoms with E-state index in [1.165, 1.54) is 0 Å². The summed E-state index contributed by atoms with van der Waals surface area (Å²) >= 11 is 0. The van der Waals surface area contributed by atoms with Crippen LogP contribution in [0.1, 0.15) is 0 Å². The van der Waals surface area contributed by atoms with E-state index < -0.39 is 0 Å². The summed E-state index contributed by atoms with van der Waals surface area (Å²) in [6.07, 6.45) is 1.51. The monoisotopic (exact) mass is 225 g/mol. The van der Waals surface area contributed by atoms with Gasteiger partial charge in [0.15, 0.2) is 12.1 Å². The van der Waals surface area contributed by atoms with Crippen molar-refractivity contribution in [1.29, 1.82) is 0 Å². The van der Waals surface area contributed by atoms with E-state index in [1.807, 2.05) is 31.1 Å². The minimum atomic E-state index is -0.254. The van der Waals surface area contributed by atoms with Gasteiger partial charge >= 0.3 is 0 Å². The summed E-state index contributed by atoms with van der Waals surface area (Å²) in [4.78, 5) is 6.24. The third-order valence-electron chi connectivity index (χ3n) is 2.20. The Hall–Kier alpha value is -1.33. The Balaban J connectivity index is 2.66. The number of rotatable bonds is 6. The Morgan fingerprint density at radius 3 is 2.62 bits per heavy atom. The van der Waals surface area contributed by atoms with Crippen LogP contribution < -0.4 is 10.2 Å². The lowest BCUT2D eigenvalue weighted by Gasteiger charge is -2.19. The summed E-state index contributed by atoms with van der Waals surface area (Å²) in [5.41, 5.74) is 0.964. The first-order valence-corrected chi connectivity index (χ1v) is 5.10. The summed E-state index contributed by atoms with van der Waals surface area (Å²) in [6.45, 7) is 0.583. The Morgan fingerprint density at radius 2 is 2.06 bits per heavy atom. The van der Waals surface area contributed by atoms with E-state index in [-0.39, 0.29) is 6.29 Å². The Bertz CT molecular complexity index is 314. The molecule has 0 radical (unpaired) electrons. The van der Waals surface area contributed by atoms with Gasteiger partial charge < -0.3 is 19.7 Å². The molecule has 0 aliphatic heterocycles. The van der Waals surface area contributed by atoms with Crippen molar-refractivity contribution in [2.45, 2.75) is 6.29 Å². The minimum Gasteiger partial charge on any atom is -0.377 e. The van der Waals surface area contributed by atoms with Gasteiger partial charge in [-0.25, -0.2) is 4.98 Å². The van der Waals surface area contributed by atoms with Crippen molar-refractivity contribution in [1.82, 2.24) is 4.98 Å². The molecule has 1 rings (SSSR count). The molecule has 0 aliphatic rings. The smallest absolute Gasteiger partial charge is 0.173 e. The maximum atomic E-state index is 5.10. The SMILES string of the molecule is COC(CNc1cccnc1N(C)C)OC. The zero-order chi connectivity index (χ0) is 12.0. The third kappa shape index (κ3) is 3.36. The zero-order valence-electron chi connectivity index (χ0n) is 10.2. The summed E-state index contributed by atoms with van der Waals surface area (Å²) < 4.78 is 10.2. The van der Waals surface area contributed by atoms with Crippen LogP contribution in [-0.4, -0.2) is 46.1 Å². The first-order chi connectivity index (χ1) is 7.69. The van der Waals surface area contributed by atoms with E-state index in [0.29, 0.717) is 6.54 Å². The van der Waals surface area contributed by atoms with Crippen molar-refractivity contribution in [2.24, 2.45) is 0 Å². The summed E-state index contributed by atoms with van der Waals surface area (Å²) in [5.74, 6) is 0.897. The Morgan fingerprint density at radius 1 is 1.38 bits per heavy atom. The fourth-order valence-electron chi connectivity index (χ4n) is 1.35. The highest BCUT2D eigenvalue weighted by Gasteiger charge is 2.08. The van der Waals surface area contributed by atoms with Crippen LogP contribution in [0.25, 0.3) is 0 Å². The normalized spacial score (nSPS) is 10.6. The highest BCUT2D eigenvalue weighted by Crippen LogP contribution is 2.20. The van der Waals surface area contributed by atoms with Crippen molar-refractivity contribution in [3.8, 4) is 0 Å². The van der Waals surface area contributed by atoms with Gasteiger partial charge in [-0.3, -0.25) is 0 Å². The molecule has 16 heavy (non-hydrogen) atoms. The molecule has 0 aliphatic carbocycles. The molecule has 0 fully saturated rings. The molecular formula is C11H19N3O2. The molecular weight excluding hydrogens is 206 g/mol. The second-order valence-electron chi connectivity index (χ2n) is 3.55. The van der Waals surface area contributed by atoms with Crippen molar-refractivity contribution >= 4 is 11.5 Å². The average molecular weight is 225 g/mol. The lowest BCUT2D eigenvalue weighted by atomic mass is 10.3. The number of aromatic nitrogens is 1. The van der Waals surface area contributed by atoms with Crippen LogP contribution in [0.15, 0.2) is 18.3 Å². The Labute approximate surface area is 96.4 Å². The molecule has 0 aromatic carbocycles. The molecule has 0 bridgehead atoms. The number of hydrogen-bond donors (Lipinski definition) is 1. The van der Waals surface area contributed by atoms with Crippen LogP contribution in [-0.2, 0) is 9.47 Å². The fraction of sp³-hybridized carbons (Fsp3) is 0.545. The number of methoxy groups -OCH3 is 2. The second-order valence-corrected chi connectivity index (χ2v) is 3.55. The second kappa shape index (κ2) is 6.30. The van der Waals surface area contributed by atoms with E-state index in [1.54, 1.807) is 20.4 Å². The van der Waals surface area contributed by atoms with Crippen LogP contribution in [0.3, 0.4) is 0 Å². The summed E-state index contributed by atoms with van der Waals surface area (Å²) in [6, 6.07) is 3.87. The Kier molecular flexibility index (Phi) is 5.01. The van der Waals surface area contributed by atoms with Gasteiger partial charge in [-0.05, 0) is 12.1 Å². The van der Waals surface area contributed by atoms with Gasteiger partial charge in [0, 0.05) is 34.5 Å². The summed E-state index contributed by atoms with van der Waals surface area (Å²) in [5, 5.41) is 3.24. The fourth-order valence-corrected chi connectivity index (χ4v) is 1.35. The minimum absolute atomic E-state index is 0.254. The van der Waals surface area contributed by atoms with E-state index in [9.17, 15) is 0 Å². The number of ether oxygens (including phenoxy) is 2. The number of hydrogen-bond acceptors (Lipinski definition) is 5. The molecule has 1 N–H and O–H groups in total. The van der Waals surface area contributed by atoms with Crippen molar-refractivity contribution in [2.75, 3.05) is 45.1 Å². The topological polar surface area (TPSA) is 46.6 Å². The molecule has 0 saturated carbocycles. The van der Waals surface area contributed by atoms with Crippen molar-refractivity contribution < 1.29 is 9.47 Å². The van der Waals surface area contributed by atoms with Crippen LogP contribution in [0.4, 0.5) is 11.5 Å². The van der Waals surface area contributed by atoms with E-state index in [0.717, 1.165) is 11.5 Å².